The lowest BCUT2D eigenvalue weighted by Crippen LogP contribution is -2.40. The summed E-state index contributed by atoms with van der Waals surface area (Å²) in [5.74, 6) is -1.58. The van der Waals surface area contributed by atoms with Gasteiger partial charge in [-0.15, -0.1) is 0 Å². The highest BCUT2D eigenvalue weighted by Gasteiger charge is 2.30. The van der Waals surface area contributed by atoms with Crippen LogP contribution in [0.3, 0.4) is 0 Å². The van der Waals surface area contributed by atoms with E-state index >= 15 is 0 Å². The smallest absolute Gasteiger partial charge is 0.414 e. The van der Waals surface area contributed by atoms with Crippen LogP contribution in [-0.2, 0) is 16.0 Å². The van der Waals surface area contributed by atoms with Crippen LogP contribution in [-0.4, -0.2) is 34.3 Å². The first-order chi connectivity index (χ1) is 11.1. The van der Waals surface area contributed by atoms with Crippen molar-refractivity contribution in [3.63, 3.8) is 0 Å². The van der Waals surface area contributed by atoms with Gasteiger partial charge in [0, 0.05) is 6.54 Å². The molecule has 24 heavy (non-hydrogen) atoms. The summed E-state index contributed by atoms with van der Waals surface area (Å²) in [7, 11) is 0. The average molecular weight is 334 g/mol. The number of rotatable bonds is 3. The van der Waals surface area contributed by atoms with E-state index < -0.39 is 23.6 Å². The van der Waals surface area contributed by atoms with Crippen molar-refractivity contribution in [2.45, 2.75) is 59.0 Å². The Morgan fingerprint density at radius 3 is 2.50 bits per heavy atom. The molecule has 1 aromatic heterocycles. The Balaban J connectivity index is 2.33. The number of ether oxygens (including phenoxy) is 1. The fourth-order valence-electron chi connectivity index (χ4n) is 2.90. The van der Waals surface area contributed by atoms with Gasteiger partial charge in [0.05, 0.1) is 17.1 Å². The molecule has 1 atom stereocenters. The van der Waals surface area contributed by atoms with Gasteiger partial charge in [-0.25, -0.2) is 4.79 Å². The second-order valence-electron chi connectivity index (χ2n) is 7.50. The van der Waals surface area contributed by atoms with Crippen LogP contribution >= 0.6 is 0 Å². The summed E-state index contributed by atoms with van der Waals surface area (Å²) in [5.41, 5.74) is 1.46. The number of pyridine rings is 1. The topological polar surface area (TPSA) is 79.7 Å². The number of aryl methyl sites for hydroxylation is 1. The van der Waals surface area contributed by atoms with E-state index in [1.165, 1.54) is 0 Å². The lowest BCUT2D eigenvalue weighted by atomic mass is 9.91. The van der Waals surface area contributed by atoms with Gasteiger partial charge in [-0.2, -0.15) is 0 Å². The van der Waals surface area contributed by atoms with Crippen molar-refractivity contribution in [2.24, 2.45) is 5.92 Å². The van der Waals surface area contributed by atoms with Gasteiger partial charge < -0.3 is 9.84 Å². The molecule has 0 aliphatic carbocycles. The first-order valence-electron chi connectivity index (χ1n) is 8.33. The Morgan fingerprint density at radius 2 is 1.96 bits per heavy atom. The van der Waals surface area contributed by atoms with Crippen molar-refractivity contribution in [1.29, 1.82) is 0 Å². The summed E-state index contributed by atoms with van der Waals surface area (Å²) < 4.78 is 5.45. The highest BCUT2D eigenvalue weighted by Crippen LogP contribution is 2.31. The maximum absolute atomic E-state index is 12.4. The van der Waals surface area contributed by atoms with Gasteiger partial charge in [-0.1, -0.05) is 13.8 Å². The van der Waals surface area contributed by atoms with E-state index in [2.05, 4.69) is 4.98 Å². The number of carboxylic acids is 1. The first kappa shape index (κ1) is 18.2. The molecule has 1 amide bonds. The van der Waals surface area contributed by atoms with Crippen molar-refractivity contribution in [3.8, 4) is 0 Å². The largest absolute Gasteiger partial charge is 0.481 e. The normalized spacial score (nSPS) is 15.8. The molecule has 2 heterocycles. The van der Waals surface area contributed by atoms with E-state index in [1.54, 1.807) is 17.0 Å². The zero-order valence-electron chi connectivity index (χ0n) is 15.0. The molecule has 6 nitrogen and oxygen atoms in total. The highest BCUT2D eigenvalue weighted by atomic mass is 16.6. The van der Waals surface area contributed by atoms with Gasteiger partial charge in [0.1, 0.15) is 11.5 Å². The number of carbonyl (C=O) groups is 2. The van der Waals surface area contributed by atoms with E-state index in [4.69, 9.17) is 4.74 Å². The van der Waals surface area contributed by atoms with E-state index in [0.717, 1.165) is 18.5 Å². The number of nitrogens with zero attached hydrogens (tertiary/aromatic N) is 2. The van der Waals surface area contributed by atoms with Crippen LogP contribution in [0.15, 0.2) is 12.1 Å². The zero-order valence-corrected chi connectivity index (χ0v) is 15.0. The van der Waals surface area contributed by atoms with Gasteiger partial charge in [-0.05, 0) is 51.7 Å². The van der Waals surface area contributed by atoms with Gasteiger partial charge in [0.15, 0.2) is 0 Å². The summed E-state index contributed by atoms with van der Waals surface area (Å²) in [4.78, 5) is 30.1. The van der Waals surface area contributed by atoms with Crippen LogP contribution in [0.25, 0.3) is 0 Å². The fourth-order valence-corrected chi connectivity index (χ4v) is 2.90. The molecule has 1 aliphatic heterocycles. The standard InChI is InChI=1S/C18H26N2O4/c1-11(2)15(16(21)22)13-8-9-14-12(19-13)7-6-10-20(14)17(23)24-18(3,4)5/h8-9,11,15H,6-7,10H2,1-5H3,(H,21,22). The highest BCUT2D eigenvalue weighted by molar-refractivity contribution is 5.89. The van der Waals surface area contributed by atoms with Crippen molar-refractivity contribution >= 4 is 17.7 Å². The predicted molar refractivity (Wildman–Crippen MR) is 91.4 cm³/mol. The van der Waals surface area contributed by atoms with E-state index in [-0.39, 0.29) is 5.92 Å². The summed E-state index contributed by atoms with van der Waals surface area (Å²) in [6, 6.07) is 3.50. The molecule has 1 unspecified atom stereocenters. The molecule has 0 saturated heterocycles. The number of carboxylic acid groups (broad SMARTS) is 1. The third kappa shape index (κ3) is 4.04. The number of anilines is 1. The number of hydrogen-bond acceptors (Lipinski definition) is 4. The number of carbonyl (C=O) groups excluding carboxylic acids is 1. The summed E-state index contributed by atoms with van der Waals surface area (Å²) in [6.45, 7) is 9.81. The second kappa shape index (κ2) is 6.79. The molecule has 0 spiro atoms. The quantitative estimate of drug-likeness (QED) is 0.913. The monoisotopic (exact) mass is 334 g/mol. The maximum Gasteiger partial charge on any atom is 0.414 e. The first-order valence-corrected chi connectivity index (χ1v) is 8.33. The number of amides is 1. The van der Waals surface area contributed by atoms with Crippen molar-refractivity contribution < 1.29 is 19.4 Å². The molecule has 1 N–H and O–H groups in total. The van der Waals surface area contributed by atoms with Crippen LogP contribution in [0, 0.1) is 5.92 Å². The Hall–Kier alpha value is -2.11. The maximum atomic E-state index is 12.4. The van der Waals surface area contributed by atoms with Crippen LogP contribution in [0.4, 0.5) is 10.5 Å². The Bertz CT molecular complexity index is 634. The molecule has 1 aliphatic rings. The third-order valence-electron chi connectivity index (χ3n) is 3.92. The van der Waals surface area contributed by atoms with Gasteiger partial charge in [0.2, 0.25) is 0 Å². The number of aliphatic carboxylic acids is 1. The van der Waals surface area contributed by atoms with Gasteiger partial charge >= 0.3 is 12.1 Å². The molecule has 0 radical (unpaired) electrons. The minimum atomic E-state index is -0.878. The van der Waals surface area contributed by atoms with Gasteiger partial charge in [-0.3, -0.25) is 14.7 Å². The Morgan fingerprint density at radius 1 is 1.29 bits per heavy atom. The fraction of sp³-hybridized carbons (Fsp3) is 0.611. The Labute approximate surface area is 142 Å². The van der Waals surface area contributed by atoms with Crippen molar-refractivity contribution in [3.05, 3.63) is 23.5 Å². The molecule has 132 valence electrons. The molecular formula is C18H26N2O4. The summed E-state index contributed by atoms with van der Waals surface area (Å²) in [6.07, 6.45) is 1.12. The van der Waals surface area contributed by atoms with E-state index in [1.807, 2.05) is 34.6 Å². The van der Waals surface area contributed by atoms with Crippen LogP contribution in [0.5, 0.6) is 0 Å². The zero-order chi connectivity index (χ0) is 18.1. The molecule has 1 aromatic rings. The minimum Gasteiger partial charge on any atom is -0.481 e. The molecule has 2 rings (SSSR count). The number of fused-ring (bicyclic) bond motifs is 1. The molecular weight excluding hydrogens is 308 g/mol. The predicted octanol–water partition coefficient (Wildman–Crippen LogP) is 3.59. The lowest BCUT2D eigenvalue weighted by molar-refractivity contribution is -0.140. The molecule has 0 bridgehead atoms. The SMILES string of the molecule is CC(C)C(C(=O)O)c1ccc2c(n1)CCCN2C(=O)OC(C)(C)C. The Kier molecular flexibility index (Phi) is 5.16. The molecule has 0 aromatic carbocycles. The molecule has 0 fully saturated rings. The second-order valence-corrected chi connectivity index (χ2v) is 7.50. The van der Waals surface area contributed by atoms with E-state index in [0.29, 0.717) is 17.9 Å². The molecule has 0 saturated carbocycles. The average Bonchev–Trinajstić information content (AvgIpc) is 2.43. The van der Waals surface area contributed by atoms with E-state index in [9.17, 15) is 14.7 Å². The molecule has 6 heteroatoms. The van der Waals surface area contributed by atoms with Crippen LogP contribution < -0.4 is 4.90 Å². The number of aromatic nitrogens is 1. The van der Waals surface area contributed by atoms with Crippen LogP contribution in [0.1, 0.15) is 58.3 Å². The van der Waals surface area contributed by atoms with Gasteiger partial charge in [0.25, 0.3) is 0 Å². The minimum absolute atomic E-state index is 0.0569. The number of hydrogen-bond donors (Lipinski definition) is 1. The summed E-state index contributed by atoms with van der Waals surface area (Å²) >= 11 is 0. The summed E-state index contributed by atoms with van der Waals surface area (Å²) in [5, 5.41) is 9.44. The van der Waals surface area contributed by atoms with Crippen molar-refractivity contribution in [1.82, 2.24) is 4.98 Å². The third-order valence-corrected chi connectivity index (χ3v) is 3.92. The van der Waals surface area contributed by atoms with Crippen molar-refractivity contribution in [2.75, 3.05) is 11.4 Å². The van der Waals surface area contributed by atoms with Crippen LogP contribution in [0.2, 0.25) is 0 Å². The lowest BCUT2D eigenvalue weighted by Gasteiger charge is -2.31.